The van der Waals surface area contributed by atoms with Crippen molar-refractivity contribution < 1.29 is 24.8 Å². The quantitative estimate of drug-likeness (QED) is 0.370. The number of aliphatic hydroxyl groups is 1. The zero-order chi connectivity index (χ0) is 22.1. The average molecular weight is 551 g/mol. The highest BCUT2D eigenvalue weighted by Crippen LogP contribution is 2.48. The number of phenolic OH excluding ortho intramolecular Hbond substituents is 2. The summed E-state index contributed by atoms with van der Waals surface area (Å²) in [6.45, 7) is 0.201. The van der Waals surface area contributed by atoms with Gasteiger partial charge in [-0.05, 0) is 73.8 Å². The minimum Gasteiger partial charge on any atom is -0.508 e. The molecule has 5 N–H and O–H groups in total. The Bertz CT molecular complexity index is 1110. The van der Waals surface area contributed by atoms with Crippen LogP contribution in [0.5, 0.6) is 23.0 Å². The predicted octanol–water partition coefficient (Wildman–Crippen LogP) is 4.59. The number of hydrogen-bond acceptors (Lipinski definition) is 6. The number of benzene rings is 3. The second kappa shape index (κ2) is 9.08. The summed E-state index contributed by atoms with van der Waals surface area (Å²) in [6, 6.07) is 15.5. The van der Waals surface area contributed by atoms with Gasteiger partial charge in [-0.25, -0.2) is 0 Å². The van der Waals surface area contributed by atoms with Gasteiger partial charge in [0.2, 0.25) is 0 Å². The standard InChI is InChI=1S/C23H21Br2NO5/c24-16-6-4-12(8-17(16)25)21-20(31-14-3-1-2-13(27)9-14)11-30-23-15(19(29)10-26)5-7-18(28)22(21)23/h1-9,19-21,27-29H,10-11,26H2. The number of ether oxygens (including phenoxy) is 2. The van der Waals surface area contributed by atoms with E-state index in [2.05, 4.69) is 31.9 Å². The zero-order valence-corrected chi connectivity index (χ0v) is 19.5. The Morgan fingerprint density at radius 2 is 1.87 bits per heavy atom. The van der Waals surface area contributed by atoms with E-state index in [9.17, 15) is 15.3 Å². The molecule has 1 heterocycles. The van der Waals surface area contributed by atoms with E-state index in [0.717, 1.165) is 14.5 Å². The van der Waals surface area contributed by atoms with E-state index in [-0.39, 0.29) is 24.7 Å². The summed E-state index contributed by atoms with van der Waals surface area (Å²) in [5.74, 6) is 0.624. The molecule has 3 atom stereocenters. The maximum absolute atomic E-state index is 10.8. The summed E-state index contributed by atoms with van der Waals surface area (Å²) >= 11 is 7.03. The van der Waals surface area contributed by atoms with Crippen LogP contribution in [0.15, 0.2) is 63.5 Å². The molecule has 1 aliphatic rings. The van der Waals surface area contributed by atoms with Crippen molar-refractivity contribution in [2.75, 3.05) is 13.2 Å². The normalized spacial score (nSPS) is 18.7. The van der Waals surface area contributed by atoms with Crippen molar-refractivity contribution >= 4 is 31.9 Å². The minimum absolute atomic E-state index is 0.0261. The summed E-state index contributed by atoms with van der Waals surface area (Å²) < 4.78 is 13.9. The summed E-state index contributed by atoms with van der Waals surface area (Å²) in [7, 11) is 0. The molecule has 0 spiro atoms. The number of nitrogens with two attached hydrogens (primary N) is 1. The summed E-state index contributed by atoms with van der Waals surface area (Å²) in [4.78, 5) is 0. The maximum Gasteiger partial charge on any atom is 0.144 e. The number of aliphatic hydroxyl groups excluding tert-OH is 1. The molecule has 4 rings (SSSR count). The molecule has 0 bridgehead atoms. The van der Waals surface area contributed by atoms with Gasteiger partial charge in [0.1, 0.15) is 35.7 Å². The zero-order valence-electron chi connectivity index (χ0n) is 16.3. The average Bonchev–Trinajstić information content (AvgIpc) is 2.75. The van der Waals surface area contributed by atoms with Crippen molar-refractivity contribution in [2.24, 2.45) is 5.73 Å². The molecule has 162 valence electrons. The third kappa shape index (κ3) is 4.39. The molecule has 0 radical (unpaired) electrons. The van der Waals surface area contributed by atoms with E-state index >= 15 is 0 Å². The van der Waals surface area contributed by atoms with E-state index in [0.29, 0.717) is 22.6 Å². The molecule has 0 aliphatic carbocycles. The highest BCUT2D eigenvalue weighted by atomic mass is 79.9. The fourth-order valence-electron chi connectivity index (χ4n) is 3.83. The van der Waals surface area contributed by atoms with Gasteiger partial charge >= 0.3 is 0 Å². The van der Waals surface area contributed by atoms with Crippen LogP contribution in [-0.4, -0.2) is 34.6 Å². The minimum atomic E-state index is -0.921. The van der Waals surface area contributed by atoms with Crippen LogP contribution < -0.4 is 15.2 Å². The lowest BCUT2D eigenvalue weighted by molar-refractivity contribution is 0.0907. The van der Waals surface area contributed by atoms with E-state index in [4.69, 9.17) is 15.2 Å². The molecular weight excluding hydrogens is 530 g/mol. The molecule has 0 saturated carbocycles. The molecule has 0 saturated heterocycles. The van der Waals surface area contributed by atoms with Gasteiger partial charge in [0, 0.05) is 32.7 Å². The monoisotopic (exact) mass is 549 g/mol. The smallest absolute Gasteiger partial charge is 0.144 e. The molecule has 31 heavy (non-hydrogen) atoms. The predicted molar refractivity (Wildman–Crippen MR) is 124 cm³/mol. The fourth-order valence-corrected chi connectivity index (χ4v) is 4.47. The van der Waals surface area contributed by atoms with Gasteiger partial charge in [0.05, 0.1) is 12.0 Å². The third-order valence-electron chi connectivity index (χ3n) is 5.27. The lowest BCUT2D eigenvalue weighted by Gasteiger charge is -2.36. The number of aromatic hydroxyl groups is 2. The van der Waals surface area contributed by atoms with Crippen LogP contribution in [0.25, 0.3) is 0 Å². The van der Waals surface area contributed by atoms with Gasteiger partial charge in [0.25, 0.3) is 0 Å². The van der Waals surface area contributed by atoms with Crippen molar-refractivity contribution in [1.82, 2.24) is 0 Å². The Morgan fingerprint density at radius 3 is 2.58 bits per heavy atom. The van der Waals surface area contributed by atoms with Crippen molar-refractivity contribution in [1.29, 1.82) is 0 Å². The molecule has 0 fully saturated rings. The molecule has 1 aliphatic heterocycles. The largest absolute Gasteiger partial charge is 0.508 e. The molecule has 8 heteroatoms. The molecule has 3 aromatic carbocycles. The Hall–Kier alpha value is -2.26. The van der Waals surface area contributed by atoms with E-state index in [1.54, 1.807) is 24.3 Å². The molecule has 0 amide bonds. The van der Waals surface area contributed by atoms with Crippen molar-refractivity contribution in [3.8, 4) is 23.0 Å². The topological polar surface area (TPSA) is 105 Å². The number of rotatable bonds is 5. The Kier molecular flexibility index (Phi) is 6.43. The van der Waals surface area contributed by atoms with E-state index in [1.807, 2.05) is 18.2 Å². The fraction of sp³-hybridized carbons (Fsp3) is 0.217. The van der Waals surface area contributed by atoms with Gasteiger partial charge in [0.15, 0.2) is 0 Å². The van der Waals surface area contributed by atoms with Gasteiger partial charge in [-0.2, -0.15) is 0 Å². The Morgan fingerprint density at radius 1 is 1.06 bits per heavy atom. The van der Waals surface area contributed by atoms with Crippen LogP contribution in [0.3, 0.4) is 0 Å². The van der Waals surface area contributed by atoms with E-state index < -0.39 is 18.1 Å². The highest BCUT2D eigenvalue weighted by molar-refractivity contribution is 9.13. The maximum atomic E-state index is 10.8. The van der Waals surface area contributed by atoms with Crippen molar-refractivity contribution in [3.05, 3.63) is 80.2 Å². The highest BCUT2D eigenvalue weighted by Gasteiger charge is 2.38. The van der Waals surface area contributed by atoms with Gasteiger partial charge < -0.3 is 30.5 Å². The number of phenols is 2. The molecular formula is C23H21Br2NO5. The second-order valence-electron chi connectivity index (χ2n) is 7.28. The summed E-state index contributed by atoms with van der Waals surface area (Å²) in [6.07, 6.45) is -1.42. The van der Waals surface area contributed by atoms with E-state index in [1.165, 1.54) is 12.1 Å². The number of halogens is 2. The molecule has 6 nitrogen and oxygen atoms in total. The third-order valence-corrected chi connectivity index (χ3v) is 7.15. The summed E-state index contributed by atoms with van der Waals surface area (Å²) in [5, 5.41) is 31.0. The molecule has 0 aromatic heterocycles. The van der Waals surface area contributed by atoms with Gasteiger partial charge in [-0.3, -0.25) is 0 Å². The van der Waals surface area contributed by atoms with Crippen LogP contribution in [0.2, 0.25) is 0 Å². The second-order valence-corrected chi connectivity index (χ2v) is 8.99. The summed E-state index contributed by atoms with van der Waals surface area (Å²) in [5.41, 5.74) is 7.61. The number of hydrogen-bond donors (Lipinski definition) is 4. The first kappa shape index (κ1) is 22.0. The van der Waals surface area contributed by atoms with Crippen LogP contribution >= 0.6 is 31.9 Å². The first-order chi connectivity index (χ1) is 14.9. The molecule has 3 unspecified atom stereocenters. The first-order valence-corrected chi connectivity index (χ1v) is 11.2. The lowest BCUT2D eigenvalue weighted by Crippen LogP contribution is -2.37. The SMILES string of the molecule is NCC(O)c1ccc(O)c2c1OCC(Oc1cccc(O)c1)C2c1ccc(Br)c(Br)c1. The van der Waals surface area contributed by atoms with Gasteiger partial charge in [-0.1, -0.05) is 12.1 Å². The van der Waals surface area contributed by atoms with Crippen LogP contribution in [0, 0.1) is 0 Å². The first-order valence-electron chi connectivity index (χ1n) is 9.66. The Balaban J connectivity index is 1.86. The lowest BCUT2D eigenvalue weighted by atomic mass is 9.82. The Labute approximate surface area is 196 Å². The van der Waals surface area contributed by atoms with Crippen LogP contribution in [0.4, 0.5) is 0 Å². The van der Waals surface area contributed by atoms with Crippen LogP contribution in [-0.2, 0) is 0 Å². The van der Waals surface area contributed by atoms with Crippen molar-refractivity contribution in [3.63, 3.8) is 0 Å². The van der Waals surface area contributed by atoms with Crippen molar-refractivity contribution in [2.45, 2.75) is 18.1 Å². The number of fused-ring (bicyclic) bond motifs is 1. The van der Waals surface area contributed by atoms with Gasteiger partial charge in [-0.15, -0.1) is 0 Å². The molecule has 3 aromatic rings. The van der Waals surface area contributed by atoms with Crippen LogP contribution in [0.1, 0.15) is 28.7 Å².